The summed E-state index contributed by atoms with van der Waals surface area (Å²) in [4.78, 5) is 15.4. The number of hydrogen-bond acceptors (Lipinski definition) is 3. The Labute approximate surface area is 123 Å². The minimum Gasteiger partial charge on any atom is -0.478 e. The lowest BCUT2D eigenvalue weighted by molar-refractivity contribution is 0.0697. The molecule has 2 aromatic rings. The molecule has 1 aromatic carbocycles. The Kier molecular flexibility index (Phi) is 4.04. The van der Waals surface area contributed by atoms with E-state index in [1.807, 2.05) is 0 Å². The highest BCUT2D eigenvalue weighted by Gasteiger charge is 2.17. The van der Waals surface area contributed by atoms with E-state index in [4.69, 9.17) is 0 Å². The van der Waals surface area contributed by atoms with Gasteiger partial charge in [-0.2, -0.15) is 0 Å². The van der Waals surface area contributed by atoms with E-state index >= 15 is 0 Å². The normalized spacial score (nSPS) is 10.4. The molecule has 0 aliphatic carbocycles. The molecule has 2 N–H and O–H groups in total. The van der Waals surface area contributed by atoms with Gasteiger partial charge >= 0.3 is 5.97 Å². The van der Waals surface area contributed by atoms with Gasteiger partial charge in [0.1, 0.15) is 17.2 Å². The van der Waals surface area contributed by atoms with Gasteiger partial charge in [0.15, 0.2) is 0 Å². The predicted molar refractivity (Wildman–Crippen MR) is 78.1 cm³/mol. The van der Waals surface area contributed by atoms with Crippen LogP contribution in [0.5, 0.6) is 0 Å². The number of benzene rings is 1. The second kappa shape index (κ2) is 5.58. The maximum atomic E-state index is 13.8. The van der Waals surface area contributed by atoms with Crippen LogP contribution in [0.1, 0.15) is 21.6 Å². The van der Waals surface area contributed by atoms with Gasteiger partial charge in [-0.25, -0.2) is 14.2 Å². The lowest BCUT2D eigenvalue weighted by atomic mass is 10.1. The molecule has 6 heteroatoms. The number of carbonyl (C=O) groups is 1. The molecule has 0 unspecified atom stereocenters. The zero-order chi connectivity index (χ0) is 14.9. The number of halogens is 2. The predicted octanol–water partition coefficient (Wildman–Crippen LogP) is 4.04. The summed E-state index contributed by atoms with van der Waals surface area (Å²) in [5.41, 5.74) is 1.45. The van der Waals surface area contributed by atoms with Crippen molar-refractivity contribution in [1.29, 1.82) is 0 Å². The van der Waals surface area contributed by atoms with Gasteiger partial charge in [-0.15, -0.1) is 0 Å². The number of carboxylic acid groups (broad SMARTS) is 1. The number of hydrogen-bond donors (Lipinski definition) is 2. The topological polar surface area (TPSA) is 62.2 Å². The summed E-state index contributed by atoms with van der Waals surface area (Å²) < 4.78 is 14.4. The molecule has 0 fully saturated rings. The molecule has 0 aliphatic rings. The highest BCUT2D eigenvalue weighted by atomic mass is 79.9. The number of nitrogens with one attached hydrogen (secondary N) is 1. The quantitative estimate of drug-likeness (QED) is 0.886. The third kappa shape index (κ3) is 2.96. The molecule has 20 heavy (non-hydrogen) atoms. The van der Waals surface area contributed by atoms with Gasteiger partial charge in [0.25, 0.3) is 0 Å². The first kappa shape index (κ1) is 14.5. The third-order valence-electron chi connectivity index (χ3n) is 2.74. The summed E-state index contributed by atoms with van der Waals surface area (Å²) in [6.07, 6.45) is 0. The summed E-state index contributed by atoms with van der Waals surface area (Å²) in [6.45, 7) is 3.43. The first-order valence-corrected chi connectivity index (χ1v) is 6.61. The molecule has 0 bridgehead atoms. The van der Waals surface area contributed by atoms with Crippen molar-refractivity contribution in [3.63, 3.8) is 0 Å². The molecule has 0 spiro atoms. The SMILES string of the molecule is Cc1cc(C)c(C(=O)O)c(Nc2ccc(Br)cc2F)n1. The molecule has 2 rings (SSSR count). The van der Waals surface area contributed by atoms with Gasteiger partial charge in [0.2, 0.25) is 0 Å². The van der Waals surface area contributed by atoms with Gasteiger partial charge in [-0.05, 0) is 43.7 Å². The van der Waals surface area contributed by atoms with Crippen LogP contribution in [0.25, 0.3) is 0 Å². The molecule has 0 amide bonds. The lowest BCUT2D eigenvalue weighted by Crippen LogP contribution is -2.09. The molecule has 0 aliphatic heterocycles. The van der Waals surface area contributed by atoms with Crippen molar-refractivity contribution in [3.05, 3.63) is 51.4 Å². The summed E-state index contributed by atoms with van der Waals surface area (Å²) >= 11 is 3.17. The first-order chi connectivity index (χ1) is 9.38. The van der Waals surface area contributed by atoms with E-state index in [0.717, 1.165) is 0 Å². The first-order valence-electron chi connectivity index (χ1n) is 5.82. The van der Waals surface area contributed by atoms with Crippen LogP contribution >= 0.6 is 15.9 Å². The van der Waals surface area contributed by atoms with Crippen molar-refractivity contribution >= 4 is 33.4 Å². The van der Waals surface area contributed by atoms with Crippen LogP contribution in [-0.4, -0.2) is 16.1 Å². The average Bonchev–Trinajstić information content (AvgIpc) is 2.31. The standard InChI is InChI=1S/C14H12BrFN2O2/c1-7-5-8(2)17-13(12(7)14(19)20)18-11-4-3-9(15)6-10(11)16/h3-6H,1-2H3,(H,17,18)(H,19,20). The maximum Gasteiger partial charge on any atom is 0.339 e. The van der Waals surface area contributed by atoms with Gasteiger partial charge < -0.3 is 10.4 Å². The Morgan fingerprint density at radius 1 is 1.35 bits per heavy atom. The summed E-state index contributed by atoms with van der Waals surface area (Å²) in [5, 5.41) is 12.0. The second-order valence-electron chi connectivity index (χ2n) is 4.36. The number of anilines is 2. The Bertz CT molecular complexity index is 689. The van der Waals surface area contributed by atoms with E-state index < -0.39 is 11.8 Å². The van der Waals surface area contributed by atoms with Crippen LogP contribution in [0.15, 0.2) is 28.7 Å². The fourth-order valence-electron chi connectivity index (χ4n) is 1.92. The van der Waals surface area contributed by atoms with Crippen LogP contribution in [0, 0.1) is 19.7 Å². The number of aromatic carboxylic acids is 1. The maximum absolute atomic E-state index is 13.8. The van der Waals surface area contributed by atoms with Crippen molar-refractivity contribution in [2.75, 3.05) is 5.32 Å². The van der Waals surface area contributed by atoms with E-state index in [0.29, 0.717) is 15.7 Å². The summed E-state index contributed by atoms with van der Waals surface area (Å²) in [7, 11) is 0. The monoisotopic (exact) mass is 338 g/mol. The van der Waals surface area contributed by atoms with Gasteiger partial charge in [-0.1, -0.05) is 15.9 Å². The van der Waals surface area contributed by atoms with Crippen LogP contribution in [-0.2, 0) is 0 Å². The van der Waals surface area contributed by atoms with Crippen LogP contribution in [0.2, 0.25) is 0 Å². The molecular weight excluding hydrogens is 327 g/mol. The largest absolute Gasteiger partial charge is 0.478 e. The third-order valence-corrected chi connectivity index (χ3v) is 3.24. The van der Waals surface area contributed by atoms with Gasteiger partial charge in [-0.3, -0.25) is 0 Å². The fraction of sp³-hybridized carbons (Fsp3) is 0.143. The van der Waals surface area contributed by atoms with Crippen molar-refractivity contribution in [2.45, 2.75) is 13.8 Å². The van der Waals surface area contributed by atoms with E-state index in [1.54, 1.807) is 26.0 Å². The molecule has 1 aromatic heterocycles. The minimum absolute atomic E-state index is 0.0397. The molecular formula is C14H12BrFN2O2. The van der Waals surface area contributed by atoms with Gasteiger partial charge in [0.05, 0.1) is 5.69 Å². The summed E-state index contributed by atoms with van der Waals surface area (Å²) in [5.74, 6) is -1.46. The van der Waals surface area contributed by atoms with E-state index in [2.05, 4.69) is 26.2 Å². The van der Waals surface area contributed by atoms with Gasteiger partial charge in [0, 0.05) is 10.2 Å². The Morgan fingerprint density at radius 2 is 2.05 bits per heavy atom. The number of pyridine rings is 1. The van der Waals surface area contributed by atoms with Crippen molar-refractivity contribution in [2.24, 2.45) is 0 Å². The molecule has 4 nitrogen and oxygen atoms in total. The highest BCUT2D eigenvalue weighted by molar-refractivity contribution is 9.10. The molecule has 1 heterocycles. The average molecular weight is 339 g/mol. The Morgan fingerprint density at radius 3 is 2.65 bits per heavy atom. The van der Waals surface area contributed by atoms with Crippen molar-refractivity contribution in [1.82, 2.24) is 4.98 Å². The summed E-state index contributed by atoms with van der Waals surface area (Å²) in [6, 6.07) is 6.15. The second-order valence-corrected chi connectivity index (χ2v) is 5.27. The van der Waals surface area contributed by atoms with E-state index in [-0.39, 0.29) is 17.1 Å². The zero-order valence-electron chi connectivity index (χ0n) is 10.9. The van der Waals surface area contributed by atoms with Crippen LogP contribution in [0.3, 0.4) is 0 Å². The zero-order valence-corrected chi connectivity index (χ0v) is 12.5. The van der Waals surface area contributed by atoms with Crippen LogP contribution < -0.4 is 5.32 Å². The van der Waals surface area contributed by atoms with Crippen molar-refractivity contribution < 1.29 is 14.3 Å². The van der Waals surface area contributed by atoms with E-state index in [1.165, 1.54) is 12.1 Å². The minimum atomic E-state index is -1.10. The smallest absolute Gasteiger partial charge is 0.339 e. The number of carboxylic acids is 1. The lowest BCUT2D eigenvalue weighted by Gasteiger charge is -2.12. The number of nitrogens with zero attached hydrogens (tertiary/aromatic N) is 1. The Hall–Kier alpha value is -1.95. The fourth-order valence-corrected chi connectivity index (χ4v) is 2.25. The molecule has 104 valence electrons. The number of aromatic nitrogens is 1. The molecule has 0 radical (unpaired) electrons. The van der Waals surface area contributed by atoms with Crippen molar-refractivity contribution in [3.8, 4) is 0 Å². The number of aryl methyl sites for hydroxylation is 2. The molecule has 0 saturated heterocycles. The molecule has 0 saturated carbocycles. The molecule has 0 atom stereocenters. The van der Waals surface area contributed by atoms with Crippen LogP contribution in [0.4, 0.5) is 15.9 Å². The number of rotatable bonds is 3. The Balaban J connectivity index is 2.50. The highest BCUT2D eigenvalue weighted by Crippen LogP contribution is 2.26. The van der Waals surface area contributed by atoms with E-state index in [9.17, 15) is 14.3 Å².